The van der Waals surface area contributed by atoms with Crippen LogP contribution in [0, 0.1) is 11.3 Å². The molecule has 0 aliphatic carbocycles. The second-order valence-corrected chi connectivity index (χ2v) is 4.42. The van der Waals surface area contributed by atoms with Crippen molar-refractivity contribution in [3.05, 3.63) is 54.0 Å². The van der Waals surface area contributed by atoms with Crippen molar-refractivity contribution >= 4 is 16.9 Å². The SMILES string of the molecule is N#Cc1ccc(NCCc2nc3ccccc3[nH]2)nc1. The summed E-state index contributed by atoms with van der Waals surface area (Å²) in [5.74, 6) is 1.72. The zero-order valence-electron chi connectivity index (χ0n) is 10.8. The zero-order valence-corrected chi connectivity index (χ0v) is 10.8. The van der Waals surface area contributed by atoms with Crippen LogP contribution < -0.4 is 5.32 Å². The molecule has 1 aromatic carbocycles. The maximum absolute atomic E-state index is 8.70. The molecule has 0 radical (unpaired) electrons. The highest BCUT2D eigenvalue weighted by atomic mass is 15.0. The van der Waals surface area contributed by atoms with Gasteiger partial charge in [0.2, 0.25) is 0 Å². The van der Waals surface area contributed by atoms with E-state index < -0.39 is 0 Å². The Morgan fingerprint density at radius 3 is 2.85 bits per heavy atom. The van der Waals surface area contributed by atoms with E-state index in [1.807, 2.05) is 30.3 Å². The second-order valence-electron chi connectivity index (χ2n) is 4.42. The number of nitriles is 1. The number of imidazole rings is 1. The van der Waals surface area contributed by atoms with Crippen molar-refractivity contribution in [3.8, 4) is 6.07 Å². The van der Waals surface area contributed by atoms with E-state index in [2.05, 4.69) is 20.3 Å². The number of pyridine rings is 1. The molecule has 20 heavy (non-hydrogen) atoms. The minimum atomic E-state index is 0.563. The Morgan fingerprint density at radius 2 is 2.10 bits per heavy atom. The molecule has 2 aromatic heterocycles. The van der Waals surface area contributed by atoms with Crippen LogP contribution in [0.4, 0.5) is 5.82 Å². The maximum Gasteiger partial charge on any atom is 0.125 e. The Bertz CT molecular complexity index is 719. The second kappa shape index (κ2) is 5.41. The number of anilines is 1. The third kappa shape index (κ3) is 2.59. The standard InChI is InChI=1S/C15H13N5/c16-9-11-5-6-14(18-10-11)17-8-7-15-19-12-3-1-2-4-13(12)20-15/h1-6,10H,7-8H2,(H,17,18)(H,19,20). The predicted molar refractivity (Wildman–Crippen MR) is 77.2 cm³/mol. The molecule has 3 rings (SSSR count). The molecule has 98 valence electrons. The number of nitrogens with zero attached hydrogens (tertiary/aromatic N) is 3. The molecule has 0 saturated carbocycles. The van der Waals surface area contributed by atoms with Crippen LogP contribution in [0.1, 0.15) is 11.4 Å². The fourth-order valence-electron chi connectivity index (χ4n) is 2.00. The molecule has 2 heterocycles. The first-order valence-corrected chi connectivity index (χ1v) is 6.39. The highest BCUT2D eigenvalue weighted by Crippen LogP contribution is 2.11. The van der Waals surface area contributed by atoms with E-state index in [0.29, 0.717) is 5.56 Å². The van der Waals surface area contributed by atoms with Gasteiger partial charge in [0.1, 0.15) is 17.7 Å². The van der Waals surface area contributed by atoms with Gasteiger partial charge in [0.25, 0.3) is 0 Å². The highest BCUT2D eigenvalue weighted by Gasteiger charge is 2.01. The summed E-state index contributed by atoms with van der Waals surface area (Å²) in [6, 6.07) is 13.6. The van der Waals surface area contributed by atoms with Crippen molar-refractivity contribution in [2.24, 2.45) is 0 Å². The van der Waals surface area contributed by atoms with Gasteiger partial charge in [-0.1, -0.05) is 12.1 Å². The number of aromatic nitrogens is 3. The monoisotopic (exact) mass is 263 g/mol. The van der Waals surface area contributed by atoms with E-state index in [-0.39, 0.29) is 0 Å². The number of benzene rings is 1. The predicted octanol–water partition coefficient (Wildman–Crippen LogP) is 2.48. The Labute approximate surface area is 116 Å². The zero-order chi connectivity index (χ0) is 13.8. The normalized spacial score (nSPS) is 10.3. The van der Waals surface area contributed by atoms with Crippen LogP contribution in [0.2, 0.25) is 0 Å². The van der Waals surface area contributed by atoms with Crippen molar-refractivity contribution in [2.45, 2.75) is 6.42 Å². The van der Waals surface area contributed by atoms with E-state index in [9.17, 15) is 0 Å². The van der Waals surface area contributed by atoms with Crippen molar-refractivity contribution in [3.63, 3.8) is 0 Å². The Hall–Kier alpha value is -2.87. The summed E-state index contributed by atoms with van der Waals surface area (Å²) in [4.78, 5) is 12.0. The molecule has 2 N–H and O–H groups in total. The molecule has 0 spiro atoms. The minimum Gasteiger partial charge on any atom is -0.370 e. The Balaban J connectivity index is 1.60. The quantitative estimate of drug-likeness (QED) is 0.758. The van der Waals surface area contributed by atoms with Crippen LogP contribution in [0.25, 0.3) is 11.0 Å². The van der Waals surface area contributed by atoms with Gasteiger partial charge in [0.15, 0.2) is 0 Å². The topological polar surface area (TPSA) is 77.4 Å². The maximum atomic E-state index is 8.70. The van der Waals surface area contributed by atoms with E-state index in [0.717, 1.165) is 35.6 Å². The number of rotatable bonds is 4. The van der Waals surface area contributed by atoms with E-state index in [4.69, 9.17) is 5.26 Å². The number of para-hydroxylation sites is 2. The lowest BCUT2D eigenvalue weighted by molar-refractivity contribution is 0.928. The minimum absolute atomic E-state index is 0.563. The third-order valence-corrected chi connectivity index (χ3v) is 3.00. The number of fused-ring (bicyclic) bond motifs is 1. The van der Waals surface area contributed by atoms with Crippen molar-refractivity contribution < 1.29 is 0 Å². The summed E-state index contributed by atoms with van der Waals surface area (Å²) in [7, 11) is 0. The number of H-pyrrole nitrogens is 1. The summed E-state index contributed by atoms with van der Waals surface area (Å²) >= 11 is 0. The smallest absolute Gasteiger partial charge is 0.125 e. The van der Waals surface area contributed by atoms with Crippen LogP contribution in [-0.4, -0.2) is 21.5 Å². The first kappa shape index (κ1) is 12.2. The van der Waals surface area contributed by atoms with Crippen LogP contribution in [-0.2, 0) is 6.42 Å². The van der Waals surface area contributed by atoms with E-state index in [1.54, 1.807) is 18.3 Å². The number of hydrogen-bond donors (Lipinski definition) is 2. The Morgan fingerprint density at radius 1 is 1.20 bits per heavy atom. The lowest BCUT2D eigenvalue weighted by atomic mass is 10.3. The lowest BCUT2D eigenvalue weighted by Gasteiger charge is -2.03. The number of nitrogens with one attached hydrogen (secondary N) is 2. The van der Waals surface area contributed by atoms with Gasteiger partial charge in [-0.15, -0.1) is 0 Å². The number of aromatic amines is 1. The number of hydrogen-bond acceptors (Lipinski definition) is 4. The van der Waals surface area contributed by atoms with Crippen LogP contribution >= 0.6 is 0 Å². The molecule has 0 fully saturated rings. The summed E-state index contributed by atoms with van der Waals surface area (Å²) in [5.41, 5.74) is 2.60. The first-order valence-electron chi connectivity index (χ1n) is 6.39. The van der Waals surface area contributed by atoms with Gasteiger partial charge in [0.05, 0.1) is 16.6 Å². The molecule has 0 amide bonds. The van der Waals surface area contributed by atoms with Crippen molar-refractivity contribution in [1.29, 1.82) is 5.26 Å². The summed E-state index contributed by atoms with van der Waals surface area (Å²) in [6.45, 7) is 0.735. The molecule has 0 aliphatic heterocycles. The summed E-state index contributed by atoms with van der Waals surface area (Å²) in [5, 5.41) is 11.9. The average Bonchev–Trinajstić information content (AvgIpc) is 2.90. The lowest BCUT2D eigenvalue weighted by Crippen LogP contribution is -2.07. The average molecular weight is 263 g/mol. The highest BCUT2D eigenvalue weighted by molar-refractivity contribution is 5.74. The summed E-state index contributed by atoms with van der Waals surface area (Å²) in [6.07, 6.45) is 2.35. The molecule has 0 unspecified atom stereocenters. The Kier molecular flexibility index (Phi) is 3.29. The molecule has 0 saturated heterocycles. The first-order chi connectivity index (χ1) is 9.85. The largest absolute Gasteiger partial charge is 0.370 e. The molecule has 5 heteroatoms. The fraction of sp³-hybridized carbons (Fsp3) is 0.133. The van der Waals surface area contributed by atoms with Gasteiger partial charge in [-0.3, -0.25) is 0 Å². The van der Waals surface area contributed by atoms with E-state index in [1.165, 1.54) is 0 Å². The fourth-order valence-corrected chi connectivity index (χ4v) is 2.00. The van der Waals surface area contributed by atoms with Crippen LogP contribution in [0.3, 0.4) is 0 Å². The molecule has 3 aromatic rings. The van der Waals surface area contributed by atoms with Gasteiger partial charge < -0.3 is 10.3 Å². The van der Waals surface area contributed by atoms with Gasteiger partial charge in [-0.05, 0) is 24.3 Å². The van der Waals surface area contributed by atoms with Crippen LogP contribution in [0.15, 0.2) is 42.6 Å². The van der Waals surface area contributed by atoms with Crippen LogP contribution in [0.5, 0.6) is 0 Å². The van der Waals surface area contributed by atoms with Gasteiger partial charge in [-0.2, -0.15) is 5.26 Å². The third-order valence-electron chi connectivity index (χ3n) is 3.00. The van der Waals surface area contributed by atoms with E-state index >= 15 is 0 Å². The molecular formula is C15H13N5. The van der Waals surface area contributed by atoms with Crippen molar-refractivity contribution in [1.82, 2.24) is 15.0 Å². The molecule has 0 bridgehead atoms. The van der Waals surface area contributed by atoms with Gasteiger partial charge in [-0.25, -0.2) is 9.97 Å². The van der Waals surface area contributed by atoms with Crippen molar-refractivity contribution in [2.75, 3.05) is 11.9 Å². The molecular weight excluding hydrogens is 250 g/mol. The molecule has 0 atom stereocenters. The van der Waals surface area contributed by atoms with Gasteiger partial charge >= 0.3 is 0 Å². The van der Waals surface area contributed by atoms with Gasteiger partial charge in [0, 0.05) is 19.2 Å². The molecule has 0 aliphatic rings. The summed E-state index contributed by atoms with van der Waals surface area (Å²) < 4.78 is 0. The molecule has 5 nitrogen and oxygen atoms in total.